The number of rotatable bonds is 7. The molecule has 0 aromatic rings. The SMILES string of the molecule is CS(=O)(=O)N(CCC(=O)N1CCCCCC1)CCC1=CCCCC1. The second-order valence-electron chi connectivity index (χ2n) is 7.07. The maximum Gasteiger partial charge on any atom is 0.223 e. The summed E-state index contributed by atoms with van der Waals surface area (Å²) < 4.78 is 25.5. The number of amides is 1. The van der Waals surface area contributed by atoms with Crippen LogP contribution in [0.5, 0.6) is 0 Å². The first-order valence-electron chi connectivity index (χ1n) is 9.37. The van der Waals surface area contributed by atoms with Crippen LogP contribution in [0.4, 0.5) is 0 Å². The molecule has 1 aliphatic heterocycles. The Bertz CT molecular complexity index is 534. The number of carbonyl (C=O) groups is 1. The largest absolute Gasteiger partial charge is 0.343 e. The van der Waals surface area contributed by atoms with Gasteiger partial charge in [0.25, 0.3) is 0 Å². The molecule has 1 aliphatic carbocycles. The third-order valence-electron chi connectivity index (χ3n) is 5.07. The molecular formula is C18H32N2O3S. The Morgan fingerprint density at radius 2 is 1.79 bits per heavy atom. The Morgan fingerprint density at radius 3 is 2.38 bits per heavy atom. The maximum atomic E-state index is 12.4. The molecule has 0 unspecified atom stereocenters. The lowest BCUT2D eigenvalue weighted by Crippen LogP contribution is -2.37. The molecule has 0 bridgehead atoms. The minimum atomic E-state index is -3.26. The van der Waals surface area contributed by atoms with Gasteiger partial charge in [0.1, 0.15) is 0 Å². The van der Waals surface area contributed by atoms with E-state index in [2.05, 4.69) is 6.08 Å². The highest BCUT2D eigenvalue weighted by atomic mass is 32.2. The molecule has 5 nitrogen and oxygen atoms in total. The topological polar surface area (TPSA) is 57.7 Å². The predicted molar refractivity (Wildman–Crippen MR) is 97.2 cm³/mol. The molecule has 6 heteroatoms. The van der Waals surface area contributed by atoms with E-state index in [1.54, 1.807) is 0 Å². The number of hydrogen-bond acceptors (Lipinski definition) is 3. The summed E-state index contributed by atoms with van der Waals surface area (Å²) in [5.41, 5.74) is 1.37. The van der Waals surface area contributed by atoms with Crippen LogP contribution in [-0.4, -0.2) is 56.0 Å². The Labute approximate surface area is 147 Å². The molecule has 0 aromatic heterocycles. The molecule has 1 amide bonds. The Kier molecular flexibility index (Phi) is 7.75. The average Bonchev–Trinajstić information content (AvgIpc) is 2.83. The molecule has 2 rings (SSSR count). The molecule has 0 saturated carbocycles. The van der Waals surface area contributed by atoms with Crippen LogP contribution in [0.25, 0.3) is 0 Å². The van der Waals surface area contributed by atoms with Crippen molar-refractivity contribution in [3.63, 3.8) is 0 Å². The maximum absolute atomic E-state index is 12.4. The van der Waals surface area contributed by atoms with Gasteiger partial charge >= 0.3 is 0 Å². The van der Waals surface area contributed by atoms with Gasteiger partial charge in [0.05, 0.1) is 6.26 Å². The van der Waals surface area contributed by atoms with Crippen LogP contribution in [-0.2, 0) is 14.8 Å². The standard InChI is InChI=1S/C18H32N2O3S/c1-24(22,23)20(15-11-17-9-5-4-6-10-17)16-12-18(21)19-13-7-2-3-8-14-19/h9H,2-8,10-16H2,1H3. The van der Waals surface area contributed by atoms with Crippen molar-refractivity contribution in [2.45, 2.75) is 64.2 Å². The van der Waals surface area contributed by atoms with Crippen molar-refractivity contribution in [3.8, 4) is 0 Å². The number of nitrogens with zero attached hydrogens (tertiary/aromatic N) is 2. The van der Waals surface area contributed by atoms with E-state index in [4.69, 9.17) is 0 Å². The molecule has 24 heavy (non-hydrogen) atoms. The first kappa shape index (κ1) is 19.4. The van der Waals surface area contributed by atoms with Crippen LogP contribution in [0.2, 0.25) is 0 Å². The second kappa shape index (κ2) is 9.56. The van der Waals surface area contributed by atoms with Crippen molar-refractivity contribution < 1.29 is 13.2 Å². The average molecular weight is 357 g/mol. The third kappa shape index (κ3) is 6.55. The lowest BCUT2D eigenvalue weighted by Gasteiger charge is -2.24. The van der Waals surface area contributed by atoms with Gasteiger partial charge in [0.15, 0.2) is 0 Å². The highest BCUT2D eigenvalue weighted by Crippen LogP contribution is 2.21. The normalized spacial score (nSPS) is 19.9. The predicted octanol–water partition coefficient (Wildman–Crippen LogP) is 2.93. The van der Waals surface area contributed by atoms with Gasteiger partial charge in [0.2, 0.25) is 15.9 Å². The molecular weight excluding hydrogens is 324 g/mol. The van der Waals surface area contributed by atoms with E-state index in [9.17, 15) is 13.2 Å². The number of sulfonamides is 1. The summed E-state index contributed by atoms with van der Waals surface area (Å²) in [5.74, 6) is 0.0995. The minimum absolute atomic E-state index is 0.0995. The van der Waals surface area contributed by atoms with Crippen molar-refractivity contribution in [3.05, 3.63) is 11.6 Å². The Balaban J connectivity index is 1.84. The van der Waals surface area contributed by atoms with E-state index in [0.717, 1.165) is 45.2 Å². The summed E-state index contributed by atoms with van der Waals surface area (Å²) in [6, 6.07) is 0. The molecule has 0 spiro atoms. The van der Waals surface area contributed by atoms with E-state index in [0.29, 0.717) is 19.5 Å². The van der Waals surface area contributed by atoms with E-state index in [1.165, 1.54) is 41.8 Å². The number of carbonyl (C=O) groups excluding carboxylic acids is 1. The van der Waals surface area contributed by atoms with E-state index < -0.39 is 10.0 Å². The molecule has 138 valence electrons. The summed E-state index contributed by atoms with van der Waals surface area (Å²) in [6.07, 6.45) is 13.8. The van der Waals surface area contributed by atoms with Gasteiger partial charge in [-0.2, -0.15) is 0 Å². The molecule has 1 fully saturated rings. The van der Waals surface area contributed by atoms with Crippen LogP contribution >= 0.6 is 0 Å². The summed E-state index contributed by atoms with van der Waals surface area (Å²) in [7, 11) is -3.26. The quantitative estimate of drug-likeness (QED) is 0.659. The number of allylic oxidation sites excluding steroid dienone is 1. The zero-order chi connectivity index (χ0) is 17.4. The van der Waals surface area contributed by atoms with Crippen molar-refractivity contribution in [1.82, 2.24) is 9.21 Å². The van der Waals surface area contributed by atoms with Crippen LogP contribution < -0.4 is 0 Å². The summed E-state index contributed by atoms with van der Waals surface area (Å²) in [4.78, 5) is 14.3. The highest BCUT2D eigenvalue weighted by molar-refractivity contribution is 7.88. The number of likely N-dealkylation sites (tertiary alicyclic amines) is 1. The molecule has 1 saturated heterocycles. The van der Waals surface area contributed by atoms with E-state index in [-0.39, 0.29) is 5.91 Å². The fourth-order valence-electron chi connectivity index (χ4n) is 3.54. The lowest BCUT2D eigenvalue weighted by molar-refractivity contribution is -0.131. The zero-order valence-corrected chi connectivity index (χ0v) is 15.8. The molecule has 0 atom stereocenters. The van der Waals surface area contributed by atoms with Crippen LogP contribution in [0.15, 0.2) is 11.6 Å². The van der Waals surface area contributed by atoms with Crippen molar-refractivity contribution in [2.24, 2.45) is 0 Å². The molecule has 0 N–H and O–H groups in total. The Morgan fingerprint density at radius 1 is 1.08 bits per heavy atom. The van der Waals surface area contributed by atoms with Crippen LogP contribution in [0.1, 0.15) is 64.2 Å². The monoisotopic (exact) mass is 356 g/mol. The fraction of sp³-hybridized carbons (Fsp3) is 0.833. The van der Waals surface area contributed by atoms with E-state index >= 15 is 0 Å². The third-order valence-corrected chi connectivity index (χ3v) is 6.37. The van der Waals surface area contributed by atoms with Crippen molar-refractivity contribution in [1.29, 1.82) is 0 Å². The lowest BCUT2D eigenvalue weighted by atomic mass is 9.97. The van der Waals surface area contributed by atoms with Gasteiger partial charge < -0.3 is 4.90 Å². The molecule has 0 radical (unpaired) electrons. The van der Waals surface area contributed by atoms with Gasteiger partial charge in [-0.25, -0.2) is 12.7 Å². The first-order chi connectivity index (χ1) is 11.5. The second-order valence-corrected chi connectivity index (χ2v) is 9.05. The zero-order valence-electron chi connectivity index (χ0n) is 15.0. The van der Waals surface area contributed by atoms with Gasteiger partial charge in [-0.3, -0.25) is 4.79 Å². The minimum Gasteiger partial charge on any atom is -0.343 e. The molecule has 0 aromatic carbocycles. The van der Waals surface area contributed by atoms with E-state index in [1.807, 2.05) is 4.90 Å². The van der Waals surface area contributed by atoms with Crippen LogP contribution in [0, 0.1) is 0 Å². The fourth-order valence-corrected chi connectivity index (χ4v) is 4.39. The van der Waals surface area contributed by atoms with Gasteiger partial charge in [-0.1, -0.05) is 24.5 Å². The highest BCUT2D eigenvalue weighted by Gasteiger charge is 2.21. The van der Waals surface area contributed by atoms with Crippen molar-refractivity contribution >= 4 is 15.9 Å². The smallest absolute Gasteiger partial charge is 0.223 e. The van der Waals surface area contributed by atoms with Gasteiger partial charge in [-0.05, 0) is 44.9 Å². The first-order valence-corrected chi connectivity index (χ1v) is 11.2. The van der Waals surface area contributed by atoms with Crippen molar-refractivity contribution in [2.75, 3.05) is 32.4 Å². The molecule has 2 aliphatic rings. The van der Waals surface area contributed by atoms with Gasteiger partial charge in [0, 0.05) is 32.6 Å². The number of hydrogen-bond donors (Lipinski definition) is 0. The Hall–Kier alpha value is -0.880. The summed E-state index contributed by atoms with van der Waals surface area (Å²) in [5, 5.41) is 0. The van der Waals surface area contributed by atoms with Crippen LogP contribution in [0.3, 0.4) is 0 Å². The molecule has 1 heterocycles. The van der Waals surface area contributed by atoms with Gasteiger partial charge in [-0.15, -0.1) is 0 Å². The summed E-state index contributed by atoms with van der Waals surface area (Å²) in [6.45, 7) is 2.45. The summed E-state index contributed by atoms with van der Waals surface area (Å²) >= 11 is 0.